The Kier molecular flexibility index (Phi) is 6.57. The Morgan fingerprint density at radius 2 is 1.76 bits per heavy atom. The summed E-state index contributed by atoms with van der Waals surface area (Å²) in [5.41, 5.74) is 1.85. The summed E-state index contributed by atoms with van der Waals surface area (Å²) in [5.74, 6) is 0.389. The minimum Gasteiger partial charge on any atom is -0.497 e. The third-order valence-corrected chi connectivity index (χ3v) is 3.96. The van der Waals surface area contributed by atoms with Gasteiger partial charge in [0.2, 0.25) is 5.91 Å². The molecule has 0 fully saturated rings. The molecule has 0 aliphatic rings. The Bertz CT molecular complexity index is 726. The van der Waals surface area contributed by atoms with Gasteiger partial charge in [-0.2, -0.15) is 0 Å². The molecule has 0 aromatic heterocycles. The average Bonchev–Trinajstić information content (AvgIpc) is 2.62. The van der Waals surface area contributed by atoms with Gasteiger partial charge in [0.15, 0.2) is 0 Å². The number of rotatable bonds is 7. The van der Waals surface area contributed by atoms with E-state index >= 15 is 0 Å². The number of nitrogens with one attached hydrogen (secondary N) is 2. The summed E-state index contributed by atoms with van der Waals surface area (Å²) in [7, 11) is 1.60. The second-order valence-corrected chi connectivity index (χ2v) is 5.90. The molecule has 0 saturated carbocycles. The molecule has 2 aromatic carbocycles. The molecule has 132 valence electrons. The summed E-state index contributed by atoms with van der Waals surface area (Å²) in [6, 6.07) is 14.4. The Labute approximate surface area is 148 Å². The second kappa shape index (κ2) is 8.87. The van der Waals surface area contributed by atoms with Gasteiger partial charge in [-0.15, -0.1) is 0 Å². The fourth-order valence-corrected chi connectivity index (χ4v) is 2.32. The summed E-state index contributed by atoms with van der Waals surface area (Å²) >= 11 is 0. The third kappa shape index (κ3) is 5.35. The van der Waals surface area contributed by atoms with Crippen molar-refractivity contribution in [1.82, 2.24) is 5.32 Å². The van der Waals surface area contributed by atoms with Crippen molar-refractivity contribution in [1.29, 1.82) is 0 Å². The van der Waals surface area contributed by atoms with Crippen LogP contribution in [0.25, 0.3) is 0 Å². The van der Waals surface area contributed by atoms with Gasteiger partial charge in [-0.1, -0.05) is 31.2 Å². The molecule has 2 rings (SSSR count). The van der Waals surface area contributed by atoms with Gasteiger partial charge in [-0.05, 0) is 43.2 Å². The SMILES string of the molecule is CCC(C)NC(=O)c1ccccc1NC(=O)Cc1ccc(OC)cc1. The minimum atomic E-state index is -0.185. The Balaban J connectivity index is 2.06. The van der Waals surface area contributed by atoms with E-state index < -0.39 is 0 Å². The molecule has 0 spiro atoms. The molecule has 2 N–H and O–H groups in total. The maximum Gasteiger partial charge on any atom is 0.253 e. The van der Waals surface area contributed by atoms with Crippen molar-refractivity contribution >= 4 is 17.5 Å². The highest BCUT2D eigenvalue weighted by Crippen LogP contribution is 2.17. The molecule has 1 unspecified atom stereocenters. The van der Waals surface area contributed by atoms with E-state index in [1.807, 2.05) is 38.1 Å². The minimum absolute atomic E-state index is 0.0792. The summed E-state index contributed by atoms with van der Waals surface area (Å²) in [5, 5.41) is 5.75. The fourth-order valence-electron chi connectivity index (χ4n) is 2.32. The molecule has 25 heavy (non-hydrogen) atoms. The third-order valence-electron chi connectivity index (χ3n) is 3.96. The number of hydrogen-bond acceptors (Lipinski definition) is 3. The lowest BCUT2D eigenvalue weighted by atomic mass is 10.1. The topological polar surface area (TPSA) is 67.4 Å². The highest BCUT2D eigenvalue weighted by atomic mass is 16.5. The summed E-state index contributed by atoms with van der Waals surface area (Å²) < 4.78 is 5.11. The Morgan fingerprint density at radius 1 is 1.08 bits per heavy atom. The zero-order chi connectivity index (χ0) is 18.2. The molecule has 5 nitrogen and oxygen atoms in total. The van der Waals surface area contributed by atoms with E-state index in [0.29, 0.717) is 11.3 Å². The van der Waals surface area contributed by atoms with Crippen molar-refractivity contribution in [2.75, 3.05) is 12.4 Å². The Morgan fingerprint density at radius 3 is 2.40 bits per heavy atom. The van der Waals surface area contributed by atoms with Gasteiger partial charge >= 0.3 is 0 Å². The van der Waals surface area contributed by atoms with Gasteiger partial charge in [0.1, 0.15) is 5.75 Å². The van der Waals surface area contributed by atoms with Crippen LogP contribution >= 0.6 is 0 Å². The zero-order valence-electron chi connectivity index (χ0n) is 14.8. The van der Waals surface area contributed by atoms with Crippen LogP contribution in [0.15, 0.2) is 48.5 Å². The Hall–Kier alpha value is -2.82. The molecule has 1 atom stereocenters. The lowest BCUT2D eigenvalue weighted by molar-refractivity contribution is -0.115. The van der Waals surface area contributed by atoms with Crippen molar-refractivity contribution in [3.8, 4) is 5.75 Å². The van der Waals surface area contributed by atoms with Crippen LogP contribution in [0.3, 0.4) is 0 Å². The number of methoxy groups -OCH3 is 1. The molecule has 2 aromatic rings. The van der Waals surface area contributed by atoms with Crippen molar-refractivity contribution in [2.24, 2.45) is 0 Å². The summed E-state index contributed by atoms with van der Waals surface area (Å²) in [4.78, 5) is 24.7. The molecular formula is C20H24N2O3. The normalized spacial score (nSPS) is 11.5. The van der Waals surface area contributed by atoms with E-state index in [4.69, 9.17) is 4.74 Å². The van der Waals surface area contributed by atoms with Crippen LogP contribution in [0.4, 0.5) is 5.69 Å². The smallest absolute Gasteiger partial charge is 0.253 e. The van der Waals surface area contributed by atoms with Crippen LogP contribution in [-0.2, 0) is 11.2 Å². The van der Waals surface area contributed by atoms with Crippen LogP contribution in [0.5, 0.6) is 5.75 Å². The van der Waals surface area contributed by atoms with Gasteiger partial charge in [-0.3, -0.25) is 9.59 Å². The summed E-state index contributed by atoms with van der Waals surface area (Å²) in [6.07, 6.45) is 1.07. The van der Waals surface area contributed by atoms with Gasteiger partial charge in [0.05, 0.1) is 24.8 Å². The van der Waals surface area contributed by atoms with E-state index in [-0.39, 0.29) is 24.3 Å². The number of carbonyl (C=O) groups excluding carboxylic acids is 2. The van der Waals surface area contributed by atoms with E-state index in [1.54, 1.807) is 31.4 Å². The van der Waals surface area contributed by atoms with Crippen molar-refractivity contribution in [3.63, 3.8) is 0 Å². The maximum atomic E-state index is 12.4. The fraction of sp³-hybridized carbons (Fsp3) is 0.300. The number of amides is 2. The molecular weight excluding hydrogens is 316 g/mol. The number of anilines is 1. The predicted octanol–water partition coefficient (Wildman–Crippen LogP) is 3.40. The van der Waals surface area contributed by atoms with Gasteiger partial charge in [0.25, 0.3) is 5.91 Å². The molecule has 0 aliphatic heterocycles. The second-order valence-electron chi connectivity index (χ2n) is 5.90. The largest absolute Gasteiger partial charge is 0.497 e. The van der Waals surface area contributed by atoms with Crippen LogP contribution in [-0.4, -0.2) is 25.0 Å². The van der Waals surface area contributed by atoms with Gasteiger partial charge < -0.3 is 15.4 Å². The van der Waals surface area contributed by atoms with E-state index in [2.05, 4.69) is 10.6 Å². The van der Waals surface area contributed by atoms with Crippen molar-refractivity contribution in [2.45, 2.75) is 32.7 Å². The van der Waals surface area contributed by atoms with Crippen LogP contribution < -0.4 is 15.4 Å². The highest BCUT2D eigenvalue weighted by molar-refractivity contribution is 6.04. The monoisotopic (exact) mass is 340 g/mol. The van der Waals surface area contributed by atoms with Crippen LogP contribution in [0.1, 0.15) is 36.2 Å². The first-order chi connectivity index (χ1) is 12.0. The predicted molar refractivity (Wildman–Crippen MR) is 99.0 cm³/mol. The zero-order valence-corrected chi connectivity index (χ0v) is 14.8. The molecule has 0 aliphatic carbocycles. The quantitative estimate of drug-likeness (QED) is 0.812. The first-order valence-electron chi connectivity index (χ1n) is 8.36. The lowest BCUT2D eigenvalue weighted by Crippen LogP contribution is -2.32. The average molecular weight is 340 g/mol. The molecule has 5 heteroatoms. The first kappa shape index (κ1) is 18.5. The highest BCUT2D eigenvalue weighted by Gasteiger charge is 2.14. The van der Waals surface area contributed by atoms with Crippen LogP contribution in [0.2, 0.25) is 0 Å². The number of para-hydroxylation sites is 1. The van der Waals surface area contributed by atoms with E-state index in [0.717, 1.165) is 17.7 Å². The van der Waals surface area contributed by atoms with Crippen molar-refractivity contribution < 1.29 is 14.3 Å². The van der Waals surface area contributed by atoms with Crippen LogP contribution in [0, 0.1) is 0 Å². The maximum absolute atomic E-state index is 12.4. The molecule has 0 radical (unpaired) electrons. The molecule has 0 bridgehead atoms. The van der Waals surface area contributed by atoms with E-state index in [1.165, 1.54) is 0 Å². The van der Waals surface area contributed by atoms with Gasteiger partial charge in [-0.25, -0.2) is 0 Å². The van der Waals surface area contributed by atoms with E-state index in [9.17, 15) is 9.59 Å². The summed E-state index contributed by atoms with van der Waals surface area (Å²) in [6.45, 7) is 3.95. The lowest BCUT2D eigenvalue weighted by Gasteiger charge is -2.14. The molecule has 0 heterocycles. The number of ether oxygens (including phenoxy) is 1. The molecule has 2 amide bonds. The van der Waals surface area contributed by atoms with Crippen molar-refractivity contribution in [3.05, 3.63) is 59.7 Å². The number of carbonyl (C=O) groups is 2. The van der Waals surface area contributed by atoms with Gasteiger partial charge in [0, 0.05) is 6.04 Å². The number of benzene rings is 2. The first-order valence-corrected chi connectivity index (χ1v) is 8.36. The number of hydrogen-bond donors (Lipinski definition) is 2. The molecule has 0 saturated heterocycles. The standard InChI is InChI=1S/C20H24N2O3/c1-4-14(2)21-20(24)17-7-5-6-8-18(17)22-19(23)13-15-9-11-16(25-3)12-10-15/h5-12,14H,4,13H2,1-3H3,(H,21,24)(H,22,23).